The number of rotatable bonds is 4. The van der Waals surface area contributed by atoms with Crippen LogP contribution in [-0.4, -0.2) is 47.4 Å². The van der Waals surface area contributed by atoms with E-state index in [1.807, 2.05) is 19.1 Å². The molecule has 23 heavy (non-hydrogen) atoms. The molecule has 7 nitrogen and oxygen atoms in total. The first-order valence-electron chi connectivity index (χ1n) is 7.60. The Morgan fingerprint density at radius 2 is 2.30 bits per heavy atom. The topological polar surface area (TPSA) is 77.7 Å². The summed E-state index contributed by atoms with van der Waals surface area (Å²) in [4.78, 5) is 14.6. The monoisotopic (exact) mass is 317 g/mol. The fourth-order valence-corrected chi connectivity index (χ4v) is 2.55. The zero-order chi connectivity index (χ0) is 16.2. The molecule has 1 unspecified atom stereocenters. The number of amides is 1. The maximum atomic E-state index is 12.9. The molecule has 1 aliphatic rings. The van der Waals surface area contributed by atoms with Crippen LogP contribution in [0.2, 0.25) is 0 Å². The van der Waals surface area contributed by atoms with Gasteiger partial charge in [-0.2, -0.15) is 0 Å². The lowest BCUT2D eigenvalue weighted by Crippen LogP contribution is -2.43. The van der Waals surface area contributed by atoms with Crippen LogP contribution in [0.15, 0.2) is 28.7 Å². The van der Waals surface area contributed by atoms with Crippen LogP contribution in [0.3, 0.4) is 0 Å². The van der Waals surface area contributed by atoms with Crippen LogP contribution >= 0.6 is 0 Å². The summed E-state index contributed by atoms with van der Waals surface area (Å²) in [7, 11) is 0. The summed E-state index contributed by atoms with van der Waals surface area (Å²) in [5.74, 6) is 1.44. The highest BCUT2D eigenvalue weighted by atomic mass is 16.5. The quantitative estimate of drug-likeness (QED) is 0.858. The number of hydrogen-bond acceptors (Lipinski definition) is 6. The van der Waals surface area contributed by atoms with Crippen molar-refractivity contribution >= 4 is 5.91 Å². The lowest BCUT2D eigenvalue weighted by atomic mass is 10.1. The smallest absolute Gasteiger partial charge is 0.254 e. The van der Waals surface area contributed by atoms with Gasteiger partial charge >= 0.3 is 0 Å². The van der Waals surface area contributed by atoms with Crippen molar-refractivity contribution in [3.8, 4) is 5.75 Å². The predicted octanol–water partition coefficient (Wildman–Crippen LogP) is 1.99. The van der Waals surface area contributed by atoms with E-state index in [0.717, 1.165) is 0 Å². The summed E-state index contributed by atoms with van der Waals surface area (Å²) in [6.45, 7) is 5.49. The Morgan fingerprint density at radius 1 is 1.43 bits per heavy atom. The molecule has 0 bridgehead atoms. The maximum absolute atomic E-state index is 12.9. The van der Waals surface area contributed by atoms with Gasteiger partial charge in [0.2, 0.25) is 11.8 Å². The third-order valence-corrected chi connectivity index (χ3v) is 3.61. The minimum absolute atomic E-state index is 0.101. The summed E-state index contributed by atoms with van der Waals surface area (Å²) in [5.41, 5.74) is 0.569. The first kappa shape index (κ1) is 15.5. The lowest BCUT2D eigenvalue weighted by molar-refractivity contribution is -0.0106. The third kappa shape index (κ3) is 3.34. The van der Waals surface area contributed by atoms with Crippen molar-refractivity contribution in [3.63, 3.8) is 0 Å². The van der Waals surface area contributed by atoms with Crippen LogP contribution < -0.4 is 4.74 Å². The molecule has 0 saturated carbocycles. The van der Waals surface area contributed by atoms with Gasteiger partial charge in [0.25, 0.3) is 5.91 Å². The van der Waals surface area contributed by atoms with E-state index in [1.54, 1.807) is 24.0 Å². The molecule has 1 saturated heterocycles. The molecule has 2 aromatic rings. The van der Waals surface area contributed by atoms with Crippen molar-refractivity contribution in [3.05, 3.63) is 41.6 Å². The van der Waals surface area contributed by atoms with E-state index in [-0.39, 0.29) is 11.9 Å². The van der Waals surface area contributed by atoms with Gasteiger partial charge in [0, 0.05) is 19.0 Å². The van der Waals surface area contributed by atoms with Crippen LogP contribution in [0.4, 0.5) is 0 Å². The zero-order valence-corrected chi connectivity index (χ0v) is 13.2. The van der Waals surface area contributed by atoms with Crippen molar-refractivity contribution in [2.75, 3.05) is 26.4 Å². The van der Waals surface area contributed by atoms with Crippen LogP contribution in [0, 0.1) is 6.92 Å². The Hall–Kier alpha value is -2.41. The molecular formula is C16H19N3O4. The lowest BCUT2D eigenvalue weighted by Gasteiger charge is -2.33. The Labute approximate surface area is 134 Å². The molecule has 1 atom stereocenters. The fraction of sp³-hybridized carbons (Fsp3) is 0.438. The highest BCUT2D eigenvalue weighted by Gasteiger charge is 2.33. The number of benzene rings is 1. The molecule has 0 spiro atoms. The number of morpholine rings is 1. The van der Waals surface area contributed by atoms with Gasteiger partial charge in [-0.1, -0.05) is 6.07 Å². The fourth-order valence-electron chi connectivity index (χ4n) is 2.55. The number of aromatic nitrogens is 2. The molecule has 1 aromatic heterocycles. The molecule has 7 heteroatoms. The van der Waals surface area contributed by atoms with Gasteiger partial charge in [-0.15, -0.1) is 10.2 Å². The van der Waals surface area contributed by atoms with E-state index in [0.29, 0.717) is 49.5 Å². The van der Waals surface area contributed by atoms with E-state index in [2.05, 4.69) is 10.2 Å². The normalized spacial score (nSPS) is 18.0. The van der Waals surface area contributed by atoms with Gasteiger partial charge in [0.15, 0.2) is 0 Å². The summed E-state index contributed by atoms with van der Waals surface area (Å²) in [6.07, 6.45) is 0. The highest BCUT2D eigenvalue weighted by Crippen LogP contribution is 2.26. The first-order chi connectivity index (χ1) is 11.2. The van der Waals surface area contributed by atoms with Gasteiger partial charge in [-0.3, -0.25) is 4.79 Å². The van der Waals surface area contributed by atoms with Crippen molar-refractivity contribution in [1.82, 2.24) is 15.1 Å². The minimum atomic E-state index is -0.367. The van der Waals surface area contributed by atoms with Gasteiger partial charge < -0.3 is 18.8 Å². The summed E-state index contributed by atoms with van der Waals surface area (Å²) in [6, 6.07) is 6.80. The Bertz CT molecular complexity index is 685. The highest BCUT2D eigenvalue weighted by molar-refractivity contribution is 5.94. The van der Waals surface area contributed by atoms with Crippen LogP contribution in [-0.2, 0) is 4.74 Å². The second-order valence-electron chi connectivity index (χ2n) is 5.21. The molecule has 3 rings (SSSR count). The van der Waals surface area contributed by atoms with E-state index in [9.17, 15) is 4.79 Å². The minimum Gasteiger partial charge on any atom is -0.494 e. The van der Waals surface area contributed by atoms with Crippen LogP contribution in [0.1, 0.15) is 35.1 Å². The van der Waals surface area contributed by atoms with E-state index >= 15 is 0 Å². The van der Waals surface area contributed by atoms with Crippen molar-refractivity contribution in [1.29, 1.82) is 0 Å². The van der Waals surface area contributed by atoms with Crippen molar-refractivity contribution in [2.45, 2.75) is 19.9 Å². The standard InChI is InChI=1S/C16H19N3O4/c1-3-22-13-6-4-5-12(9-13)16(20)19-7-8-21-10-14(19)15-18-17-11(2)23-15/h4-6,9,14H,3,7-8,10H2,1-2H3. The Morgan fingerprint density at radius 3 is 3.04 bits per heavy atom. The molecule has 1 fully saturated rings. The van der Waals surface area contributed by atoms with Gasteiger partial charge in [-0.05, 0) is 25.1 Å². The largest absolute Gasteiger partial charge is 0.494 e. The number of carbonyl (C=O) groups is 1. The molecule has 0 N–H and O–H groups in total. The van der Waals surface area contributed by atoms with E-state index in [1.165, 1.54) is 0 Å². The Kier molecular flexibility index (Phi) is 4.57. The second kappa shape index (κ2) is 6.78. The molecule has 1 amide bonds. The summed E-state index contributed by atoms with van der Waals surface area (Å²) >= 11 is 0. The van der Waals surface area contributed by atoms with Crippen molar-refractivity contribution in [2.24, 2.45) is 0 Å². The molecule has 0 aliphatic carbocycles. The number of hydrogen-bond donors (Lipinski definition) is 0. The molecule has 2 heterocycles. The molecule has 122 valence electrons. The Balaban J connectivity index is 1.85. The zero-order valence-electron chi connectivity index (χ0n) is 13.2. The first-order valence-corrected chi connectivity index (χ1v) is 7.60. The SMILES string of the molecule is CCOc1cccc(C(=O)N2CCOCC2c2nnc(C)o2)c1. The molecular weight excluding hydrogens is 298 g/mol. The number of ether oxygens (including phenoxy) is 2. The average molecular weight is 317 g/mol. The predicted molar refractivity (Wildman–Crippen MR) is 81.2 cm³/mol. The molecule has 1 aliphatic heterocycles. The van der Waals surface area contributed by atoms with E-state index in [4.69, 9.17) is 13.9 Å². The van der Waals surface area contributed by atoms with Crippen LogP contribution in [0.25, 0.3) is 0 Å². The second-order valence-corrected chi connectivity index (χ2v) is 5.21. The van der Waals surface area contributed by atoms with Gasteiger partial charge in [0.1, 0.15) is 11.8 Å². The number of carbonyl (C=O) groups excluding carboxylic acids is 1. The van der Waals surface area contributed by atoms with E-state index < -0.39 is 0 Å². The summed E-state index contributed by atoms with van der Waals surface area (Å²) < 4.78 is 16.4. The number of aryl methyl sites for hydroxylation is 1. The average Bonchev–Trinajstić information content (AvgIpc) is 3.01. The van der Waals surface area contributed by atoms with Crippen molar-refractivity contribution < 1.29 is 18.7 Å². The number of nitrogens with zero attached hydrogens (tertiary/aromatic N) is 3. The molecule has 0 radical (unpaired) electrons. The maximum Gasteiger partial charge on any atom is 0.254 e. The van der Waals surface area contributed by atoms with Gasteiger partial charge in [0.05, 0.1) is 19.8 Å². The van der Waals surface area contributed by atoms with Crippen LogP contribution in [0.5, 0.6) is 5.75 Å². The van der Waals surface area contributed by atoms with Gasteiger partial charge in [-0.25, -0.2) is 0 Å². The third-order valence-electron chi connectivity index (χ3n) is 3.61. The summed E-state index contributed by atoms with van der Waals surface area (Å²) in [5, 5.41) is 7.86. The molecule has 1 aromatic carbocycles.